The van der Waals surface area contributed by atoms with Gasteiger partial charge in [-0.05, 0) is 35.0 Å². The van der Waals surface area contributed by atoms with Gasteiger partial charge in [0.25, 0.3) is 0 Å². The van der Waals surface area contributed by atoms with Crippen LogP contribution in [0.3, 0.4) is 0 Å². The van der Waals surface area contributed by atoms with Crippen LogP contribution in [0.2, 0.25) is 5.02 Å². The molecule has 0 aliphatic carbocycles. The highest BCUT2D eigenvalue weighted by atomic mass is 79.9. The van der Waals surface area contributed by atoms with E-state index in [0.29, 0.717) is 10.9 Å². The third-order valence-electron chi connectivity index (χ3n) is 2.15. The molecule has 2 aromatic rings. The molecule has 1 aromatic heterocycles. The van der Waals surface area contributed by atoms with Gasteiger partial charge in [-0.2, -0.15) is 0 Å². The minimum absolute atomic E-state index is 0.344. The molecule has 2 N–H and O–H groups in total. The van der Waals surface area contributed by atoms with Gasteiger partial charge in [0.2, 0.25) is 5.88 Å². The topological polar surface area (TPSA) is 52.0 Å². The minimum atomic E-state index is 0.344. The zero-order chi connectivity index (χ0) is 11.0. The molecule has 0 aliphatic rings. The van der Waals surface area contributed by atoms with Crippen LogP contribution in [0.25, 0.3) is 11.3 Å². The predicted molar refractivity (Wildman–Crippen MR) is 63.8 cm³/mol. The molecular weight excluding hydrogens is 279 g/mol. The first-order valence-electron chi connectivity index (χ1n) is 4.26. The van der Waals surface area contributed by atoms with Gasteiger partial charge in [0.05, 0.1) is 5.02 Å². The Morgan fingerprint density at radius 1 is 1.47 bits per heavy atom. The first kappa shape index (κ1) is 10.5. The van der Waals surface area contributed by atoms with Crippen molar-refractivity contribution >= 4 is 33.4 Å². The van der Waals surface area contributed by atoms with E-state index in [1.54, 1.807) is 6.07 Å². The van der Waals surface area contributed by atoms with E-state index in [1.165, 1.54) is 0 Å². The second kappa shape index (κ2) is 3.87. The van der Waals surface area contributed by atoms with E-state index in [9.17, 15) is 0 Å². The van der Waals surface area contributed by atoms with Crippen LogP contribution >= 0.6 is 27.5 Å². The van der Waals surface area contributed by atoms with Crippen molar-refractivity contribution < 1.29 is 4.52 Å². The van der Waals surface area contributed by atoms with Gasteiger partial charge in [0.1, 0.15) is 5.69 Å². The average molecular weight is 288 g/mol. The standard InChI is InChI=1S/C10H8BrClN2O/c1-5-9(14-15-10(5)13)6-2-3-8(12)7(11)4-6/h2-4H,13H2,1H3. The molecule has 0 bridgehead atoms. The SMILES string of the molecule is Cc1c(-c2ccc(Cl)c(Br)c2)noc1N. The smallest absolute Gasteiger partial charge is 0.225 e. The maximum atomic E-state index is 5.90. The number of nitrogens with two attached hydrogens (primary N) is 1. The molecule has 1 heterocycles. The van der Waals surface area contributed by atoms with Crippen LogP contribution in [0, 0.1) is 6.92 Å². The van der Waals surface area contributed by atoms with Crippen molar-refractivity contribution in [1.82, 2.24) is 5.16 Å². The third kappa shape index (κ3) is 1.87. The fourth-order valence-corrected chi connectivity index (χ4v) is 1.76. The summed E-state index contributed by atoms with van der Waals surface area (Å²) in [6, 6.07) is 5.55. The van der Waals surface area contributed by atoms with Crippen LogP contribution < -0.4 is 5.73 Å². The maximum absolute atomic E-state index is 5.90. The molecule has 0 saturated carbocycles. The molecule has 78 valence electrons. The zero-order valence-electron chi connectivity index (χ0n) is 7.92. The number of anilines is 1. The van der Waals surface area contributed by atoms with Crippen LogP contribution in [-0.4, -0.2) is 5.16 Å². The van der Waals surface area contributed by atoms with Gasteiger partial charge >= 0.3 is 0 Å². The number of halogens is 2. The van der Waals surface area contributed by atoms with E-state index in [4.69, 9.17) is 21.9 Å². The van der Waals surface area contributed by atoms with Crippen LogP contribution in [0.4, 0.5) is 5.88 Å². The summed E-state index contributed by atoms with van der Waals surface area (Å²) in [5.41, 5.74) is 8.08. The number of aromatic nitrogens is 1. The normalized spacial score (nSPS) is 10.6. The second-order valence-corrected chi connectivity index (χ2v) is 4.41. The first-order chi connectivity index (χ1) is 7.09. The van der Waals surface area contributed by atoms with Gasteiger partial charge in [-0.15, -0.1) is 0 Å². The lowest BCUT2D eigenvalue weighted by atomic mass is 10.1. The fourth-order valence-electron chi connectivity index (χ4n) is 1.26. The van der Waals surface area contributed by atoms with Crippen molar-refractivity contribution in [1.29, 1.82) is 0 Å². The Labute approximate surface area is 100 Å². The van der Waals surface area contributed by atoms with Gasteiger partial charge in [-0.25, -0.2) is 0 Å². The molecule has 5 heteroatoms. The Bertz CT molecular complexity index is 510. The largest absolute Gasteiger partial charge is 0.367 e. The Morgan fingerprint density at radius 2 is 2.20 bits per heavy atom. The summed E-state index contributed by atoms with van der Waals surface area (Å²) >= 11 is 9.25. The van der Waals surface area contributed by atoms with E-state index >= 15 is 0 Å². The number of nitrogen functional groups attached to an aromatic ring is 1. The molecule has 1 aromatic carbocycles. The molecule has 15 heavy (non-hydrogen) atoms. The van der Waals surface area contributed by atoms with Gasteiger partial charge in [0.15, 0.2) is 0 Å². The first-order valence-corrected chi connectivity index (χ1v) is 5.44. The number of nitrogens with zero attached hydrogens (tertiary/aromatic N) is 1. The summed E-state index contributed by atoms with van der Waals surface area (Å²) < 4.78 is 5.72. The summed E-state index contributed by atoms with van der Waals surface area (Å²) in [7, 11) is 0. The molecule has 3 nitrogen and oxygen atoms in total. The van der Waals surface area contributed by atoms with Crippen LogP contribution in [0.1, 0.15) is 5.56 Å². The monoisotopic (exact) mass is 286 g/mol. The molecule has 0 fully saturated rings. The van der Waals surface area contributed by atoms with Crippen molar-refractivity contribution in [2.75, 3.05) is 5.73 Å². The van der Waals surface area contributed by atoms with Crippen LogP contribution in [0.15, 0.2) is 27.2 Å². The summed E-state index contributed by atoms with van der Waals surface area (Å²) in [4.78, 5) is 0. The molecule has 0 radical (unpaired) electrons. The zero-order valence-corrected chi connectivity index (χ0v) is 10.3. The summed E-state index contributed by atoms with van der Waals surface area (Å²) in [6.07, 6.45) is 0. The highest BCUT2D eigenvalue weighted by Gasteiger charge is 2.11. The predicted octanol–water partition coefficient (Wildman–Crippen LogP) is 3.65. The number of hydrogen-bond acceptors (Lipinski definition) is 3. The molecule has 2 rings (SSSR count). The lowest BCUT2D eigenvalue weighted by molar-refractivity contribution is 0.439. The van der Waals surface area contributed by atoms with Crippen LogP contribution in [0.5, 0.6) is 0 Å². The van der Waals surface area contributed by atoms with Crippen molar-refractivity contribution in [3.63, 3.8) is 0 Å². The molecule has 0 amide bonds. The quantitative estimate of drug-likeness (QED) is 0.871. The van der Waals surface area contributed by atoms with E-state index in [2.05, 4.69) is 21.1 Å². The summed E-state index contributed by atoms with van der Waals surface area (Å²) in [6.45, 7) is 1.86. The molecule has 0 spiro atoms. The van der Waals surface area contributed by atoms with Gasteiger partial charge in [-0.1, -0.05) is 22.8 Å². The molecule has 0 aliphatic heterocycles. The molecule has 0 atom stereocenters. The maximum Gasteiger partial charge on any atom is 0.225 e. The third-order valence-corrected chi connectivity index (χ3v) is 3.37. The Morgan fingerprint density at radius 3 is 2.73 bits per heavy atom. The van der Waals surface area contributed by atoms with Crippen molar-refractivity contribution in [2.24, 2.45) is 0 Å². The van der Waals surface area contributed by atoms with Gasteiger partial charge in [0, 0.05) is 15.6 Å². The number of hydrogen-bond donors (Lipinski definition) is 1. The van der Waals surface area contributed by atoms with Crippen molar-refractivity contribution in [3.8, 4) is 11.3 Å². The van der Waals surface area contributed by atoms with E-state index in [-0.39, 0.29) is 0 Å². The number of rotatable bonds is 1. The fraction of sp³-hybridized carbons (Fsp3) is 0.100. The summed E-state index contributed by atoms with van der Waals surface area (Å²) in [5, 5.41) is 4.55. The summed E-state index contributed by atoms with van der Waals surface area (Å²) in [5.74, 6) is 0.344. The van der Waals surface area contributed by atoms with Crippen LogP contribution in [-0.2, 0) is 0 Å². The lowest BCUT2D eigenvalue weighted by Gasteiger charge is -2.00. The average Bonchev–Trinajstić information content (AvgIpc) is 2.53. The Balaban J connectivity index is 2.55. The Hall–Kier alpha value is -1.00. The van der Waals surface area contributed by atoms with Crippen molar-refractivity contribution in [3.05, 3.63) is 33.3 Å². The Kier molecular flexibility index (Phi) is 2.71. The van der Waals surface area contributed by atoms with Crippen molar-refractivity contribution in [2.45, 2.75) is 6.92 Å². The second-order valence-electron chi connectivity index (χ2n) is 3.15. The lowest BCUT2D eigenvalue weighted by Crippen LogP contribution is -1.85. The van der Waals surface area contributed by atoms with E-state index in [0.717, 1.165) is 21.3 Å². The highest BCUT2D eigenvalue weighted by molar-refractivity contribution is 9.10. The van der Waals surface area contributed by atoms with Gasteiger partial charge in [-0.3, -0.25) is 0 Å². The minimum Gasteiger partial charge on any atom is -0.367 e. The highest BCUT2D eigenvalue weighted by Crippen LogP contribution is 2.31. The van der Waals surface area contributed by atoms with Gasteiger partial charge < -0.3 is 10.3 Å². The van der Waals surface area contributed by atoms with E-state index < -0.39 is 0 Å². The molecule has 0 saturated heterocycles. The number of benzene rings is 1. The molecule has 0 unspecified atom stereocenters. The molecular formula is C10H8BrClN2O. The van der Waals surface area contributed by atoms with E-state index in [1.807, 2.05) is 19.1 Å².